The molecule has 6 nitrogen and oxygen atoms in total. The Morgan fingerprint density at radius 2 is 1.64 bits per heavy atom. The molecule has 7 heteroatoms. The lowest BCUT2D eigenvalue weighted by Crippen LogP contribution is -2.55. The third-order valence-electron chi connectivity index (χ3n) is 7.14. The number of carbonyl (C=O) groups excluding carboxylic acids is 2. The Balaban J connectivity index is 2.17. The predicted molar refractivity (Wildman–Crippen MR) is 160 cm³/mol. The summed E-state index contributed by atoms with van der Waals surface area (Å²) >= 11 is 1.70. The van der Waals surface area contributed by atoms with Crippen molar-refractivity contribution in [3.63, 3.8) is 0 Å². The van der Waals surface area contributed by atoms with Crippen molar-refractivity contribution in [3.05, 3.63) is 35.9 Å². The van der Waals surface area contributed by atoms with E-state index >= 15 is 0 Å². The van der Waals surface area contributed by atoms with E-state index in [1.807, 2.05) is 30.3 Å². The second-order valence-corrected chi connectivity index (χ2v) is 13.4. The van der Waals surface area contributed by atoms with E-state index in [9.17, 15) is 19.8 Å². The molecule has 1 aromatic rings. The van der Waals surface area contributed by atoms with Crippen LogP contribution < -0.4 is 10.6 Å². The van der Waals surface area contributed by atoms with Gasteiger partial charge >= 0.3 is 0 Å². The summed E-state index contributed by atoms with van der Waals surface area (Å²) in [5.74, 6) is 4.76. The highest BCUT2D eigenvalue weighted by Crippen LogP contribution is 2.29. The summed E-state index contributed by atoms with van der Waals surface area (Å²) < 4.78 is -0.0213. The highest BCUT2D eigenvalue weighted by atomic mass is 32.2. The van der Waals surface area contributed by atoms with Crippen LogP contribution in [0.1, 0.15) is 77.7 Å². The van der Waals surface area contributed by atoms with Gasteiger partial charge in [-0.3, -0.25) is 9.59 Å². The number of thioether (sulfide) groups is 1. The first kappa shape index (κ1) is 32.8. The molecular formula is C32H46N2O4S. The fourth-order valence-electron chi connectivity index (χ4n) is 4.95. The maximum Gasteiger partial charge on any atom is 0.243 e. The van der Waals surface area contributed by atoms with Gasteiger partial charge < -0.3 is 20.8 Å². The van der Waals surface area contributed by atoms with Gasteiger partial charge in [-0.2, -0.15) is 11.8 Å². The average Bonchev–Trinajstić information content (AvgIpc) is 2.90. The second kappa shape index (κ2) is 16.6. The fraction of sp³-hybridized carbons (Fsp3) is 0.625. The summed E-state index contributed by atoms with van der Waals surface area (Å²) in [6, 6.07) is 8.17. The smallest absolute Gasteiger partial charge is 0.243 e. The first-order valence-corrected chi connectivity index (χ1v) is 15.0. The molecule has 1 aliphatic carbocycles. The molecule has 214 valence electrons. The first-order chi connectivity index (χ1) is 18.5. The summed E-state index contributed by atoms with van der Waals surface area (Å²) in [7, 11) is 0. The summed E-state index contributed by atoms with van der Waals surface area (Å²) in [5.41, 5.74) is 1.04. The molecule has 2 rings (SSSR count). The van der Waals surface area contributed by atoms with Gasteiger partial charge in [0.2, 0.25) is 11.8 Å². The topological polar surface area (TPSA) is 98.7 Å². The van der Waals surface area contributed by atoms with Crippen LogP contribution in [0.2, 0.25) is 0 Å². The molecule has 1 saturated carbocycles. The lowest BCUT2D eigenvalue weighted by atomic mass is 9.82. The minimum atomic E-state index is -1.22. The van der Waals surface area contributed by atoms with Crippen molar-refractivity contribution in [2.24, 2.45) is 11.8 Å². The zero-order valence-corrected chi connectivity index (χ0v) is 24.5. The molecule has 1 aliphatic rings. The average molecular weight is 555 g/mol. The van der Waals surface area contributed by atoms with Gasteiger partial charge in [-0.25, -0.2) is 0 Å². The van der Waals surface area contributed by atoms with E-state index in [1.165, 1.54) is 6.42 Å². The van der Waals surface area contributed by atoms with Gasteiger partial charge in [0.25, 0.3) is 0 Å². The van der Waals surface area contributed by atoms with Gasteiger partial charge in [0.05, 0.1) is 18.1 Å². The number of nitrogens with one attached hydrogen (secondary N) is 2. The number of carbonyl (C=O) groups is 2. The molecule has 2 amide bonds. The molecule has 1 unspecified atom stereocenters. The van der Waals surface area contributed by atoms with Gasteiger partial charge in [-0.1, -0.05) is 83.2 Å². The van der Waals surface area contributed by atoms with E-state index in [0.29, 0.717) is 24.5 Å². The SMILES string of the molecule is C#CC[C@H](NC(=O)C(CSC(C)(C)C)Cc1ccccc1)C(=O)N[C@@H](CC1CCCCC1)[C@@H](O)[C@@H](O)CC#C. The van der Waals surface area contributed by atoms with E-state index in [4.69, 9.17) is 12.8 Å². The van der Waals surface area contributed by atoms with E-state index in [-0.39, 0.29) is 29.4 Å². The minimum Gasteiger partial charge on any atom is -0.389 e. The number of aliphatic hydroxyl groups is 2. The molecule has 0 aromatic heterocycles. The molecule has 0 aliphatic heterocycles. The number of hydrogen-bond donors (Lipinski definition) is 4. The van der Waals surface area contributed by atoms with Gasteiger partial charge in [0, 0.05) is 23.3 Å². The van der Waals surface area contributed by atoms with Crippen LogP contribution in [0.15, 0.2) is 30.3 Å². The Morgan fingerprint density at radius 3 is 2.23 bits per heavy atom. The summed E-state index contributed by atoms with van der Waals surface area (Å²) in [5, 5.41) is 27.1. The van der Waals surface area contributed by atoms with Crippen LogP contribution in [0.4, 0.5) is 0 Å². The number of terminal acetylenes is 2. The van der Waals surface area contributed by atoms with Gasteiger partial charge in [0.1, 0.15) is 12.1 Å². The molecular weight excluding hydrogens is 508 g/mol. The van der Waals surface area contributed by atoms with Crippen molar-refractivity contribution in [1.29, 1.82) is 0 Å². The van der Waals surface area contributed by atoms with Crippen molar-refractivity contribution in [2.75, 3.05) is 5.75 Å². The van der Waals surface area contributed by atoms with Crippen LogP contribution in [-0.4, -0.2) is 56.8 Å². The molecule has 0 heterocycles. The van der Waals surface area contributed by atoms with Crippen molar-refractivity contribution in [2.45, 2.75) is 108 Å². The van der Waals surface area contributed by atoms with Gasteiger partial charge in [-0.05, 0) is 24.3 Å². The monoisotopic (exact) mass is 554 g/mol. The zero-order valence-electron chi connectivity index (χ0n) is 23.7. The fourth-order valence-corrected chi connectivity index (χ4v) is 5.92. The molecule has 39 heavy (non-hydrogen) atoms. The Morgan fingerprint density at radius 1 is 1.00 bits per heavy atom. The third-order valence-corrected chi connectivity index (χ3v) is 8.58. The first-order valence-electron chi connectivity index (χ1n) is 14.1. The summed E-state index contributed by atoms with van der Waals surface area (Å²) in [4.78, 5) is 26.9. The molecule has 0 radical (unpaired) electrons. The van der Waals surface area contributed by atoms with Crippen LogP contribution in [0.5, 0.6) is 0 Å². The molecule has 0 spiro atoms. The Hall–Kier alpha value is -2.45. The molecule has 0 bridgehead atoms. The van der Waals surface area contributed by atoms with Crippen LogP contribution in [0, 0.1) is 36.5 Å². The van der Waals surface area contributed by atoms with Crippen molar-refractivity contribution in [1.82, 2.24) is 10.6 Å². The molecule has 5 atom stereocenters. The Bertz CT molecular complexity index is 973. The largest absolute Gasteiger partial charge is 0.389 e. The summed E-state index contributed by atoms with van der Waals surface area (Å²) in [6.07, 6.45) is 15.1. The van der Waals surface area contributed by atoms with Gasteiger partial charge in [-0.15, -0.1) is 24.7 Å². The maximum absolute atomic E-state index is 13.5. The van der Waals surface area contributed by atoms with Crippen LogP contribution in [-0.2, 0) is 16.0 Å². The zero-order chi connectivity index (χ0) is 28.8. The molecule has 0 saturated heterocycles. The van der Waals surface area contributed by atoms with Crippen molar-refractivity contribution in [3.8, 4) is 24.7 Å². The van der Waals surface area contributed by atoms with E-state index in [1.54, 1.807) is 11.8 Å². The number of aliphatic hydroxyl groups excluding tert-OH is 2. The highest BCUT2D eigenvalue weighted by Gasteiger charge is 2.33. The molecule has 1 aromatic carbocycles. The van der Waals surface area contributed by atoms with Crippen LogP contribution >= 0.6 is 11.8 Å². The molecule has 4 N–H and O–H groups in total. The quantitative estimate of drug-likeness (QED) is 0.260. The third kappa shape index (κ3) is 12.1. The molecule has 1 fully saturated rings. The second-order valence-electron chi connectivity index (χ2n) is 11.6. The van der Waals surface area contributed by atoms with E-state index < -0.39 is 30.2 Å². The van der Waals surface area contributed by atoms with Crippen molar-refractivity contribution >= 4 is 23.6 Å². The van der Waals surface area contributed by atoms with Gasteiger partial charge in [0.15, 0.2) is 0 Å². The highest BCUT2D eigenvalue weighted by molar-refractivity contribution is 8.00. The number of amides is 2. The number of benzene rings is 1. The lowest BCUT2D eigenvalue weighted by molar-refractivity contribution is -0.132. The predicted octanol–water partition coefficient (Wildman–Crippen LogP) is 4.09. The lowest BCUT2D eigenvalue weighted by Gasteiger charge is -2.33. The standard InChI is InChI=1S/C32H46N2O4S/c1-6-14-26(33-30(37)25(22-39-32(3,4)5)20-23-16-10-8-11-17-23)31(38)34-27(29(36)28(35)15-7-2)21-24-18-12-9-13-19-24/h1-2,8,10-11,16-17,24-29,35-36H,9,12-15,18-22H2,3-5H3,(H,33,37)(H,34,38)/t25?,26-,27-,28-,29+/m0/s1. The summed E-state index contributed by atoms with van der Waals surface area (Å²) in [6.45, 7) is 6.32. The van der Waals surface area contributed by atoms with Crippen LogP contribution in [0.25, 0.3) is 0 Å². The Labute approximate surface area is 239 Å². The van der Waals surface area contributed by atoms with E-state index in [0.717, 1.165) is 31.2 Å². The normalized spacial score (nSPS) is 18.0. The van der Waals surface area contributed by atoms with E-state index in [2.05, 4.69) is 43.2 Å². The minimum absolute atomic E-state index is 0.0151. The number of hydrogen-bond acceptors (Lipinski definition) is 5. The number of rotatable bonds is 14. The Kier molecular flexibility index (Phi) is 14.0. The maximum atomic E-state index is 13.5. The van der Waals surface area contributed by atoms with Crippen molar-refractivity contribution < 1.29 is 19.8 Å². The van der Waals surface area contributed by atoms with Crippen LogP contribution in [0.3, 0.4) is 0 Å².